The lowest BCUT2D eigenvalue weighted by Gasteiger charge is -2.28. The van der Waals surface area contributed by atoms with Crippen molar-refractivity contribution in [3.05, 3.63) is 35.9 Å². The van der Waals surface area contributed by atoms with E-state index in [1.165, 1.54) is 5.56 Å². The van der Waals surface area contributed by atoms with Gasteiger partial charge >= 0.3 is 0 Å². The van der Waals surface area contributed by atoms with Gasteiger partial charge in [-0.15, -0.1) is 0 Å². The third-order valence-electron chi connectivity index (χ3n) is 3.50. The van der Waals surface area contributed by atoms with E-state index < -0.39 is 0 Å². The summed E-state index contributed by atoms with van der Waals surface area (Å²) in [7, 11) is 1.65. The lowest BCUT2D eigenvalue weighted by molar-refractivity contribution is -0.243. The van der Waals surface area contributed by atoms with Crippen LogP contribution in [0.2, 0.25) is 0 Å². The Kier molecular flexibility index (Phi) is 3.61. The Labute approximate surface area is 107 Å². The van der Waals surface area contributed by atoms with Crippen LogP contribution in [-0.4, -0.2) is 38.3 Å². The van der Waals surface area contributed by atoms with Crippen LogP contribution in [0, 0.1) is 0 Å². The molecule has 2 saturated heterocycles. The van der Waals surface area contributed by atoms with Crippen LogP contribution in [0.1, 0.15) is 12.0 Å². The molecule has 4 atom stereocenters. The molecule has 2 heterocycles. The zero-order chi connectivity index (χ0) is 12.4. The number of methoxy groups -OCH3 is 1. The van der Waals surface area contributed by atoms with Gasteiger partial charge in [0.25, 0.3) is 0 Å². The molecule has 0 aromatic heterocycles. The minimum absolute atomic E-state index is 0.00882. The van der Waals surface area contributed by atoms with Crippen LogP contribution >= 0.6 is 0 Å². The van der Waals surface area contributed by atoms with E-state index >= 15 is 0 Å². The van der Waals surface area contributed by atoms with Crippen LogP contribution in [0.3, 0.4) is 0 Å². The Morgan fingerprint density at radius 1 is 1.22 bits per heavy atom. The summed E-state index contributed by atoms with van der Waals surface area (Å²) in [6.07, 6.45) is 0.761. The summed E-state index contributed by atoms with van der Waals surface area (Å²) in [5.41, 5.74) is 1.18. The number of hydrogen-bond acceptors (Lipinski definition) is 4. The van der Waals surface area contributed by atoms with Crippen LogP contribution in [0.4, 0.5) is 0 Å². The average Bonchev–Trinajstić information content (AvgIpc) is 2.75. The van der Waals surface area contributed by atoms with Gasteiger partial charge in [0.1, 0.15) is 12.2 Å². The predicted octanol–water partition coefficient (Wildman–Crippen LogP) is 1.73. The quantitative estimate of drug-likeness (QED) is 0.815. The molecule has 0 amide bonds. The van der Waals surface area contributed by atoms with E-state index in [0.717, 1.165) is 6.42 Å². The smallest absolute Gasteiger partial charge is 0.183 e. The highest BCUT2D eigenvalue weighted by molar-refractivity contribution is 5.13. The summed E-state index contributed by atoms with van der Waals surface area (Å²) in [6, 6.07) is 10.2. The molecule has 0 spiro atoms. The van der Waals surface area contributed by atoms with Crippen molar-refractivity contribution in [3.63, 3.8) is 0 Å². The van der Waals surface area contributed by atoms with Gasteiger partial charge in [0.15, 0.2) is 6.29 Å². The molecule has 2 fully saturated rings. The Bertz CT molecular complexity index is 381. The van der Waals surface area contributed by atoms with Crippen molar-refractivity contribution >= 4 is 0 Å². The first-order chi connectivity index (χ1) is 8.86. The molecule has 0 radical (unpaired) electrons. The summed E-state index contributed by atoms with van der Waals surface area (Å²) in [6.45, 7) is 1.17. The van der Waals surface area contributed by atoms with Crippen LogP contribution < -0.4 is 0 Å². The third-order valence-corrected chi connectivity index (χ3v) is 3.50. The predicted molar refractivity (Wildman–Crippen MR) is 65.0 cm³/mol. The van der Waals surface area contributed by atoms with Gasteiger partial charge in [-0.05, 0) is 5.56 Å². The maximum atomic E-state index is 5.94. The highest BCUT2D eigenvalue weighted by Crippen LogP contribution is 2.32. The first-order valence-corrected chi connectivity index (χ1v) is 6.32. The van der Waals surface area contributed by atoms with Crippen LogP contribution in [0.15, 0.2) is 30.3 Å². The van der Waals surface area contributed by atoms with Gasteiger partial charge in [0, 0.05) is 13.5 Å². The molecule has 0 aliphatic carbocycles. The van der Waals surface area contributed by atoms with E-state index in [0.29, 0.717) is 13.2 Å². The highest BCUT2D eigenvalue weighted by atomic mass is 16.7. The molecule has 4 heteroatoms. The molecule has 2 aliphatic heterocycles. The van der Waals surface area contributed by atoms with Crippen molar-refractivity contribution in [2.45, 2.75) is 37.6 Å². The van der Waals surface area contributed by atoms with Crippen molar-refractivity contribution in [2.75, 3.05) is 13.7 Å². The Morgan fingerprint density at radius 3 is 2.83 bits per heavy atom. The molecular weight excluding hydrogens is 232 g/mol. The van der Waals surface area contributed by atoms with Crippen LogP contribution in [0.5, 0.6) is 0 Å². The Balaban J connectivity index is 1.56. The first-order valence-electron chi connectivity index (χ1n) is 6.32. The Hall–Kier alpha value is -0.940. The van der Waals surface area contributed by atoms with E-state index in [4.69, 9.17) is 18.9 Å². The number of hydrogen-bond donors (Lipinski definition) is 0. The maximum absolute atomic E-state index is 5.94. The average molecular weight is 250 g/mol. The van der Waals surface area contributed by atoms with Crippen LogP contribution in [0.25, 0.3) is 0 Å². The number of fused-ring (bicyclic) bond motifs is 2. The van der Waals surface area contributed by atoms with Gasteiger partial charge in [-0.25, -0.2) is 0 Å². The fourth-order valence-electron chi connectivity index (χ4n) is 2.54. The molecule has 1 aromatic carbocycles. The SMILES string of the molecule is COC1OCC2OC1CC2OCc1ccccc1. The molecule has 0 saturated carbocycles. The molecule has 1 aromatic rings. The van der Waals surface area contributed by atoms with Gasteiger partial charge in [0.2, 0.25) is 0 Å². The van der Waals surface area contributed by atoms with Crippen molar-refractivity contribution in [2.24, 2.45) is 0 Å². The van der Waals surface area contributed by atoms with E-state index in [-0.39, 0.29) is 24.6 Å². The Morgan fingerprint density at radius 2 is 2.06 bits per heavy atom. The molecule has 4 unspecified atom stereocenters. The second-order valence-electron chi connectivity index (χ2n) is 4.72. The zero-order valence-electron chi connectivity index (χ0n) is 10.5. The van der Waals surface area contributed by atoms with Gasteiger partial charge in [0.05, 0.1) is 19.3 Å². The molecular formula is C14H18O4. The van der Waals surface area contributed by atoms with E-state index in [9.17, 15) is 0 Å². The summed E-state index contributed by atoms with van der Waals surface area (Å²) < 4.78 is 22.6. The van der Waals surface area contributed by atoms with Gasteiger partial charge in [-0.1, -0.05) is 30.3 Å². The fourth-order valence-corrected chi connectivity index (χ4v) is 2.54. The van der Waals surface area contributed by atoms with Crippen molar-refractivity contribution < 1.29 is 18.9 Å². The summed E-state index contributed by atoms with van der Waals surface area (Å²) in [5, 5.41) is 0. The van der Waals surface area contributed by atoms with Crippen molar-refractivity contribution in [3.8, 4) is 0 Å². The minimum atomic E-state index is -0.244. The second kappa shape index (κ2) is 5.36. The second-order valence-corrected chi connectivity index (χ2v) is 4.72. The van der Waals surface area contributed by atoms with Gasteiger partial charge in [-0.3, -0.25) is 0 Å². The number of rotatable bonds is 4. The van der Waals surface area contributed by atoms with Gasteiger partial charge in [-0.2, -0.15) is 0 Å². The lowest BCUT2D eigenvalue weighted by Crippen LogP contribution is -2.39. The topological polar surface area (TPSA) is 36.9 Å². The third kappa shape index (κ3) is 2.42. The summed E-state index contributed by atoms with van der Waals surface area (Å²) >= 11 is 0. The summed E-state index contributed by atoms with van der Waals surface area (Å²) in [5.74, 6) is 0. The standard InChI is InChI=1S/C14H18O4/c1-15-14-12-7-11(13(18-12)9-17-14)16-8-10-5-3-2-4-6-10/h2-6,11-14H,7-9H2,1H3. The largest absolute Gasteiger partial charge is 0.371 e. The minimum Gasteiger partial charge on any atom is -0.371 e. The molecule has 4 nitrogen and oxygen atoms in total. The molecule has 98 valence electrons. The maximum Gasteiger partial charge on any atom is 0.183 e. The van der Waals surface area contributed by atoms with Crippen molar-refractivity contribution in [1.29, 1.82) is 0 Å². The molecule has 2 bridgehead atoms. The lowest BCUT2D eigenvalue weighted by atomic mass is 10.1. The molecule has 0 N–H and O–H groups in total. The van der Waals surface area contributed by atoms with Gasteiger partial charge < -0.3 is 18.9 Å². The van der Waals surface area contributed by atoms with E-state index in [1.807, 2.05) is 18.2 Å². The zero-order valence-corrected chi connectivity index (χ0v) is 10.5. The number of ether oxygens (including phenoxy) is 4. The molecule has 18 heavy (non-hydrogen) atoms. The first kappa shape index (κ1) is 12.1. The number of benzene rings is 1. The van der Waals surface area contributed by atoms with E-state index in [2.05, 4.69) is 12.1 Å². The van der Waals surface area contributed by atoms with Crippen molar-refractivity contribution in [1.82, 2.24) is 0 Å². The highest BCUT2D eigenvalue weighted by Gasteiger charge is 2.45. The van der Waals surface area contributed by atoms with Crippen LogP contribution in [-0.2, 0) is 25.6 Å². The monoisotopic (exact) mass is 250 g/mol. The van der Waals surface area contributed by atoms with E-state index in [1.54, 1.807) is 7.11 Å². The fraction of sp³-hybridized carbons (Fsp3) is 0.571. The normalized spacial score (nSPS) is 34.7. The summed E-state index contributed by atoms with van der Waals surface area (Å²) in [4.78, 5) is 0. The molecule has 3 rings (SSSR count). The molecule has 2 aliphatic rings.